The molecule has 1 aromatic rings. The lowest BCUT2D eigenvalue weighted by Crippen LogP contribution is -2.43. The minimum Gasteiger partial charge on any atom is -0.493 e. The average Bonchev–Trinajstić information content (AvgIpc) is 2.54. The fourth-order valence-electron chi connectivity index (χ4n) is 2.34. The van der Waals surface area contributed by atoms with Crippen LogP contribution in [0.2, 0.25) is 0 Å². The maximum Gasteiger partial charge on any atom is 0.226 e. The molecular weight excluding hydrogens is 324 g/mol. The van der Waals surface area contributed by atoms with Crippen molar-refractivity contribution in [2.45, 2.75) is 12.5 Å². The van der Waals surface area contributed by atoms with Crippen LogP contribution in [-0.2, 0) is 9.53 Å². The molecular formula is C15H23ClN2O5. The van der Waals surface area contributed by atoms with Gasteiger partial charge in [0.25, 0.3) is 0 Å². The van der Waals surface area contributed by atoms with Gasteiger partial charge in [0.15, 0.2) is 11.5 Å². The van der Waals surface area contributed by atoms with Crippen molar-refractivity contribution in [2.75, 3.05) is 46.4 Å². The lowest BCUT2D eigenvalue weighted by Gasteiger charge is -2.23. The highest BCUT2D eigenvalue weighted by atomic mass is 35.5. The molecule has 1 aromatic carbocycles. The van der Waals surface area contributed by atoms with Gasteiger partial charge in [-0.15, -0.1) is 12.4 Å². The molecule has 0 bridgehead atoms. The first-order valence-corrected chi connectivity index (χ1v) is 7.09. The zero-order chi connectivity index (χ0) is 15.9. The molecule has 0 radical (unpaired) electrons. The molecule has 2 N–H and O–H groups in total. The third-order valence-corrected chi connectivity index (χ3v) is 3.38. The second-order valence-corrected chi connectivity index (χ2v) is 4.89. The van der Waals surface area contributed by atoms with Crippen molar-refractivity contribution in [1.82, 2.24) is 5.32 Å². The largest absolute Gasteiger partial charge is 0.493 e. The number of methoxy groups -OCH3 is 3. The predicted molar refractivity (Wildman–Crippen MR) is 89.2 cm³/mol. The van der Waals surface area contributed by atoms with Gasteiger partial charge in [0, 0.05) is 36.8 Å². The van der Waals surface area contributed by atoms with E-state index in [-0.39, 0.29) is 24.4 Å². The molecule has 0 aliphatic carbocycles. The summed E-state index contributed by atoms with van der Waals surface area (Å²) in [6.45, 7) is 2.00. The van der Waals surface area contributed by atoms with Gasteiger partial charge in [-0.2, -0.15) is 0 Å². The van der Waals surface area contributed by atoms with Crippen LogP contribution in [0, 0.1) is 0 Å². The van der Waals surface area contributed by atoms with Gasteiger partial charge in [0.2, 0.25) is 11.7 Å². The summed E-state index contributed by atoms with van der Waals surface area (Å²) < 4.78 is 21.1. The van der Waals surface area contributed by atoms with Gasteiger partial charge in [-0.3, -0.25) is 4.79 Å². The number of anilines is 1. The molecule has 1 amide bonds. The van der Waals surface area contributed by atoms with Crippen LogP contribution >= 0.6 is 12.4 Å². The Kier molecular flexibility index (Phi) is 7.94. The summed E-state index contributed by atoms with van der Waals surface area (Å²) in [5, 5.41) is 6.08. The third kappa shape index (κ3) is 5.16. The smallest absolute Gasteiger partial charge is 0.226 e. The van der Waals surface area contributed by atoms with Gasteiger partial charge in [-0.05, 0) is 0 Å². The summed E-state index contributed by atoms with van der Waals surface area (Å²) in [4.78, 5) is 12.1. The van der Waals surface area contributed by atoms with E-state index in [1.807, 2.05) is 0 Å². The zero-order valence-electron chi connectivity index (χ0n) is 13.5. The fraction of sp³-hybridized carbons (Fsp3) is 0.533. The average molecular weight is 347 g/mol. The van der Waals surface area contributed by atoms with E-state index in [1.54, 1.807) is 12.1 Å². The van der Waals surface area contributed by atoms with Crippen LogP contribution in [0.5, 0.6) is 17.2 Å². The van der Waals surface area contributed by atoms with Crippen molar-refractivity contribution in [3.8, 4) is 17.2 Å². The van der Waals surface area contributed by atoms with Crippen molar-refractivity contribution in [3.05, 3.63) is 12.1 Å². The standard InChI is InChI=1S/C15H22N2O5.ClH/c1-19-12-6-10(7-13(20-2)15(12)21-3)17-14(18)8-11-9-22-5-4-16-11;/h6-7,11,16H,4-5,8-9H2,1-3H3,(H,17,18);1H. The Morgan fingerprint density at radius 2 is 1.91 bits per heavy atom. The SMILES string of the molecule is COc1cc(NC(=O)CC2COCCN2)cc(OC)c1OC.Cl. The van der Waals surface area contributed by atoms with E-state index in [2.05, 4.69) is 10.6 Å². The Morgan fingerprint density at radius 3 is 2.39 bits per heavy atom. The quantitative estimate of drug-likeness (QED) is 0.811. The van der Waals surface area contributed by atoms with Crippen LogP contribution < -0.4 is 24.8 Å². The Balaban J connectivity index is 0.00000264. The number of halogens is 1. The number of morpholine rings is 1. The number of ether oxygens (including phenoxy) is 4. The highest BCUT2D eigenvalue weighted by molar-refractivity contribution is 5.92. The van der Waals surface area contributed by atoms with E-state index in [0.29, 0.717) is 42.6 Å². The first-order valence-electron chi connectivity index (χ1n) is 7.09. The second-order valence-electron chi connectivity index (χ2n) is 4.89. The summed E-state index contributed by atoms with van der Waals surface area (Å²) in [6.07, 6.45) is 0.344. The maximum atomic E-state index is 12.1. The number of carbonyl (C=O) groups excluding carboxylic acids is 1. The van der Waals surface area contributed by atoms with E-state index in [9.17, 15) is 4.79 Å². The molecule has 7 nitrogen and oxygen atoms in total. The van der Waals surface area contributed by atoms with Gasteiger partial charge < -0.3 is 29.6 Å². The number of amides is 1. The van der Waals surface area contributed by atoms with Crippen LogP contribution in [-0.4, -0.2) is 53.0 Å². The minimum absolute atomic E-state index is 0. The van der Waals surface area contributed by atoms with Gasteiger partial charge >= 0.3 is 0 Å². The minimum atomic E-state index is -0.0997. The topological polar surface area (TPSA) is 78.1 Å². The third-order valence-electron chi connectivity index (χ3n) is 3.38. The summed E-state index contributed by atoms with van der Waals surface area (Å²) in [6, 6.07) is 3.43. The maximum absolute atomic E-state index is 12.1. The number of hydrogen-bond donors (Lipinski definition) is 2. The van der Waals surface area contributed by atoms with Crippen LogP contribution in [0.4, 0.5) is 5.69 Å². The van der Waals surface area contributed by atoms with Gasteiger partial charge in [-0.1, -0.05) is 0 Å². The molecule has 0 aromatic heterocycles. The molecule has 1 unspecified atom stereocenters. The van der Waals surface area contributed by atoms with Crippen molar-refractivity contribution >= 4 is 24.0 Å². The van der Waals surface area contributed by atoms with Gasteiger partial charge in [-0.25, -0.2) is 0 Å². The van der Waals surface area contributed by atoms with Crippen LogP contribution in [0.3, 0.4) is 0 Å². The summed E-state index contributed by atoms with van der Waals surface area (Å²) in [5.74, 6) is 1.38. The monoisotopic (exact) mass is 346 g/mol. The Hall–Kier alpha value is -1.70. The number of nitrogens with one attached hydrogen (secondary N) is 2. The molecule has 1 saturated heterocycles. The molecule has 1 aliphatic heterocycles. The molecule has 0 saturated carbocycles. The van der Waals surface area contributed by atoms with E-state index >= 15 is 0 Å². The van der Waals surface area contributed by atoms with Gasteiger partial charge in [0.05, 0.1) is 34.5 Å². The number of rotatable bonds is 6. The van der Waals surface area contributed by atoms with Crippen molar-refractivity contribution < 1.29 is 23.7 Å². The van der Waals surface area contributed by atoms with Crippen molar-refractivity contribution in [3.63, 3.8) is 0 Å². The lowest BCUT2D eigenvalue weighted by atomic mass is 10.2. The fourth-order valence-corrected chi connectivity index (χ4v) is 2.34. The van der Waals surface area contributed by atoms with Crippen LogP contribution in [0.25, 0.3) is 0 Å². The number of benzene rings is 1. The Bertz CT molecular complexity index is 496. The lowest BCUT2D eigenvalue weighted by molar-refractivity contribution is -0.117. The van der Waals surface area contributed by atoms with Crippen molar-refractivity contribution in [2.24, 2.45) is 0 Å². The number of hydrogen-bond acceptors (Lipinski definition) is 6. The van der Waals surface area contributed by atoms with Crippen LogP contribution in [0.15, 0.2) is 12.1 Å². The highest BCUT2D eigenvalue weighted by Gasteiger charge is 2.18. The van der Waals surface area contributed by atoms with E-state index in [1.165, 1.54) is 21.3 Å². The molecule has 8 heteroatoms. The molecule has 1 fully saturated rings. The second kappa shape index (κ2) is 9.44. The molecule has 1 aliphatic rings. The van der Waals surface area contributed by atoms with E-state index in [4.69, 9.17) is 18.9 Å². The number of carbonyl (C=O) groups is 1. The normalized spacial score (nSPS) is 16.9. The predicted octanol–water partition coefficient (Wildman–Crippen LogP) is 1.45. The first kappa shape index (κ1) is 19.3. The van der Waals surface area contributed by atoms with Crippen molar-refractivity contribution in [1.29, 1.82) is 0 Å². The first-order chi connectivity index (χ1) is 10.7. The summed E-state index contributed by atoms with van der Waals surface area (Å²) in [5.41, 5.74) is 0.594. The molecule has 130 valence electrons. The molecule has 2 rings (SSSR count). The van der Waals surface area contributed by atoms with Gasteiger partial charge in [0.1, 0.15) is 0 Å². The molecule has 23 heavy (non-hydrogen) atoms. The van der Waals surface area contributed by atoms with E-state index < -0.39 is 0 Å². The Morgan fingerprint density at radius 1 is 1.26 bits per heavy atom. The molecule has 0 spiro atoms. The zero-order valence-corrected chi connectivity index (χ0v) is 14.3. The Labute approximate surface area is 142 Å². The molecule has 1 heterocycles. The summed E-state index contributed by atoms with van der Waals surface area (Å²) in [7, 11) is 4.60. The van der Waals surface area contributed by atoms with Crippen LogP contribution in [0.1, 0.15) is 6.42 Å². The molecule has 1 atom stereocenters. The van der Waals surface area contributed by atoms with E-state index in [0.717, 1.165) is 6.54 Å². The highest BCUT2D eigenvalue weighted by Crippen LogP contribution is 2.39. The summed E-state index contributed by atoms with van der Waals surface area (Å²) >= 11 is 0.